The summed E-state index contributed by atoms with van der Waals surface area (Å²) < 4.78 is 1.73. The van der Waals surface area contributed by atoms with E-state index in [2.05, 4.69) is 15.4 Å². The molecular weight excluding hydrogens is 266 g/mol. The van der Waals surface area contributed by atoms with E-state index in [1.165, 1.54) is 6.33 Å². The van der Waals surface area contributed by atoms with Crippen LogP contribution in [0.5, 0.6) is 0 Å². The van der Waals surface area contributed by atoms with E-state index >= 15 is 0 Å². The van der Waals surface area contributed by atoms with Crippen molar-refractivity contribution in [2.24, 2.45) is 17.6 Å². The van der Waals surface area contributed by atoms with Crippen molar-refractivity contribution in [3.05, 3.63) is 42.5 Å². The molecule has 0 bridgehead atoms. The van der Waals surface area contributed by atoms with Gasteiger partial charge in [-0.15, -0.1) is 0 Å². The highest BCUT2D eigenvalue weighted by molar-refractivity contribution is 5.92. The van der Waals surface area contributed by atoms with Crippen molar-refractivity contribution in [2.45, 2.75) is 20.4 Å². The maximum Gasteiger partial charge on any atom is 0.229 e. The molecule has 0 aliphatic heterocycles. The van der Waals surface area contributed by atoms with Crippen LogP contribution in [0.1, 0.15) is 19.4 Å². The summed E-state index contributed by atoms with van der Waals surface area (Å²) in [5.41, 5.74) is 7.49. The van der Waals surface area contributed by atoms with Gasteiger partial charge in [0.05, 0.1) is 12.5 Å². The van der Waals surface area contributed by atoms with Gasteiger partial charge in [0, 0.05) is 12.2 Å². The molecule has 6 nitrogen and oxygen atoms in total. The third-order valence-electron chi connectivity index (χ3n) is 3.40. The molecule has 0 saturated heterocycles. The predicted octanol–water partition coefficient (Wildman–Crippen LogP) is 1.50. The average Bonchev–Trinajstić information content (AvgIpc) is 2.92. The van der Waals surface area contributed by atoms with E-state index < -0.39 is 0 Å². The Balaban J connectivity index is 2.05. The molecule has 112 valence electrons. The lowest BCUT2D eigenvalue weighted by atomic mass is 9.95. The molecule has 2 aromatic rings. The zero-order chi connectivity index (χ0) is 15.2. The lowest BCUT2D eigenvalue weighted by Gasteiger charge is -2.18. The van der Waals surface area contributed by atoms with E-state index in [-0.39, 0.29) is 17.7 Å². The number of aromatic nitrogens is 3. The first-order valence-corrected chi connectivity index (χ1v) is 7.02. The summed E-state index contributed by atoms with van der Waals surface area (Å²) in [5.74, 6) is 0.00251. The SMILES string of the molecule is CC(C)C(CN)C(=O)Nc1cccc(Cn2cncn2)c1. The number of carbonyl (C=O) groups is 1. The molecule has 0 aliphatic carbocycles. The Hall–Kier alpha value is -2.21. The van der Waals surface area contributed by atoms with Crippen LogP contribution in [0.15, 0.2) is 36.9 Å². The Morgan fingerprint density at radius 3 is 2.86 bits per heavy atom. The van der Waals surface area contributed by atoms with Crippen molar-refractivity contribution in [3.63, 3.8) is 0 Å². The number of amides is 1. The van der Waals surface area contributed by atoms with Gasteiger partial charge in [0.25, 0.3) is 0 Å². The van der Waals surface area contributed by atoms with Gasteiger partial charge in [0.15, 0.2) is 0 Å². The summed E-state index contributed by atoms with van der Waals surface area (Å²) in [6, 6.07) is 7.71. The second kappa shape index (κ2) is 6.99. The zero-order valence-corrected chi connectivity index (χ0v) is 12.4. The summed E-state index contributed by atoms with van der Waals surface area (Å²) in [6.07, 6.45) is 3.16. The maximum atomic E-state index is 12.2. The molecule has 1 atom stereocenters. The monoisotopic (exact) mass is 287 g/mol. The topological polar surface area (TPSA) is 85.8 Å². The number of hydrogen-bond acceptors (Lipinski definition) is 4. The van der Waals surface area contributed by atoms with E-state index in [1.54, 1.807) is 11.0 Å². The van der Waals surface area contributed by atoms with Gasteiger partial charge in [-0.25, -0.2) is 9.67 Å². The molecule has 1 aromatic heterocycles. The highest BCUT2D eigenvalue weighted by Gasteiger charge is 2.20. The third-order valence-corrected chi connectivity index (χ3v) is 3.40. The number of rotatable bonds is 6. The molecule has 3 N–H and O–H groups in total. The number of hydrogen-bond donors (Lipinski definition) is 2. The summed E-state index contributed by atoms with van der Waals surface area (Å²) in [7, 11) is 0. The molecule has 0 radical (unpaired) electrons. The number of nitrogens with one attached hydrogen (secondary N) is 1. The Kier molecular flexibility index (Phi) is 5.05. The van der Waals surface area contributed by atoms with Gasteiger partial charge in [-0.2, -0.15) is 5.10 Å². The average molecular weight is 287 g/mol. The van der Waals surface area contributed by atoms with Crippen LogP contribution in [-0.2, 0) is 11.3 Å². The molecule has 0 spiro atoms. The van der Waals surface area contributed by atoms with Crippen molar-refractivity contribution in [1.82, 2.24) is 14.8 Å². The summed E-state index contributed by atoms with van der Waals surface area (Å²) >= 11 is 0. The minimum atomic E-state index is -0.177. The van der Waals surface area contributed by atoms with Gasteiger partial charge in [-0.3, -0.25) is 4.79 Å². The molecule has 1 heterocycles. The first-order valence-electron chi connectivity index (χ1n) is 7.02. The van der Waals surface area contributed by atoms with Gasteiger partial charge in [0.2, 0.25) is 5.91 Å². The van der Waals surface area contributed by atoms with Gasteiger partial charge in [0.1, 0.15) is 12.7 Å². The minimum absolute atomic E-state index is 0.0367. The minimum Gasteiger partial charge on any atom is -0.330 e. The number of anilines is 1. The first kappa shape index (κ1) is 15.2. The Labute approximate surface area is 124 Å². The van der Waals surface area contributed by atoms with Gasteiger partial charge >= 0.3 is 0 Å². The Morgan fingerprint density at radius 1 is 1.43 bits per heavy atom. The predicted molar refractivity (Wildman–Crippen MR) is 81.6 cm³/mol. The fourth-order valence-corrected chi connectivity index (χ4v) is 2.17. The fourth-order valence-electron chi connectivity index (χ4n) is 2.17. The molecule has 6 heteroatoms. The molecule has 0 aliphatic rings. The largest absolute Gasteiger partial charge is 0.330 e. The van der Waals surface area contributed by atoms with Crippen LogP contribution in [0.3, 0.4) is 0 Å². The molecule has 2 rings (SSSR count). The van der Waals surface area contributed by atoms with Crippen molar-refractivity contribution in [3.8, 4) is 0 Å². The van der Waals surface area contributed by atoms with Crippen LogP contribution in [0.25, 0.3) is 0 Å². The summed E-state index contributed by atoms with van der Waals surface area (Å²) in [5, 5.41) is 7.00. The normalized spacial score (nSPS) is 12.4. The van der Waals surface area contributed by atoms with Crippen LogP contribution < -0.4 is 11.1 Å². The van der Waals surface area contributed by atoms with Crippen LogP contribution in [0.4, 0.5) is 5.69 Å². The molecule has 1 amide bonds. The van der Waals surface area contributed by atoms with Crippen molar-refractivity contribution >= 4 is 11.6 Å². The highest BCUT2D eigenvalue weighted by Crippen LogP contribution is 2.16. The van der Waals surface area contributed by atoms with Crippen LogP contribution in [0.2, 0.25) is 0 Å². The maximum absolute atomic E-state index is 12.2. The Morgan fingerprint density at radius 2 is 2.24 bits per heavy atom. The number of nitrogens with zero attached hydrogens (tertiary/aromatic N) is 3. The number of benzene rings is 1. The lowest BCUT2D eigenvalue weighted by Crippen LogP contribution is -2.33. The van der Waals surface area contributed by atoms with Crippen LogP contribution in [0, 0.1) is 11.8 Å². The Bertz CT molecular complexity index is 580. The molecule has 0 saturated carbocycles. The van der Waals surface area contributed by atoms with Crippen molar-refractivity contribution in [1.29, 1.82) is 0 Å². The third kappa shape index (κ3) is 4.13. The molecule has 21 heavy (non-hydrogen) atoms. The van der Waals surface area contributed by atoms with E-state index in [0.717, 1.165) is 11.3 Å². The van der Waals surface area contributed by atoms with Crippen LogP contribution >= 0.6 is 0 Å². The van der Waals surface area contributed by atoms with E-state index in [1.807, 2.05) is 38.1 Å². The van der Waals surface area contributed by atoms with Crippen molar-refractivity contribution < 1.29 is 4.79 Å². The second-order valence-electron chi connectivity index (χ2n) is 5.37. The molecular formula is C15H21N5O. The van der Waals surface area contributed by atoms with E-state index in [9.17, 15) is 4.79 Å². The number of carbonyl (C=O) groups excluding carboxylic acids is 1. The summed E-state index contributed by atoms with van der Waals surface area (Å²) in [4.78, 5) is 16.1. The molecule has 0 fully saturated rings. The van der Waals surface area contributed by atoms with E-state index in [0.29, 0.717) is 13.1 Å². The van der Waals surface area contributed by atoms with Gasteiger partial charge in [-0.1, -0.05) is 26.0 Å². The van der Waals surface area contributed by atoms with E-state index in [4.69, 9.17) is 5.73 Å². The lowest BCUT2D eigenvalue weighted by molar-refractivity contribution is -0.120. The zero-order valence-electron chi connectivity index (χ0n) is 12.4. The first-order chi connectivity index (χ1) is 10.1. The summed E-state index contributed by atoms with van der Waals surface area (Å²) in [6.45, 7) is 4.97. The highest BCUT2D eigenvalue weighted by atomic mass is 16.1. The van der Waals surface area contributed by atoms with Gasteiger partial charge in [-0.05, 0) is 23.6 Å². The molecule has 1 unspecified atom stereocenters. The molecule has 1 aromatic carbocycles. The second-order valence-corrected chi connectivity index (χ2v) is 5.37. The smallest absolute Gasteiger partial charge is 0.229 e. The quantitative estimate of drug-likeness (QED) is 0.843. The number of nitrogens with two attached hydrogens (primary N) is 1. The van der Waals surface area contributed by atoms with Crippen molar-refractivity contribution in [2.75, 3.05) is 11.9 Å². The van der Waals surface area contributed by atoms with Crippen LogP contribution in [-0.4, -0.2) is 27.2 Å². The fraction of sp³-hybridized carbons (Fsp3) is 0.400. The standard InChI is InChI=1S/C15H21N5O/c1-11(2)14(7-16)15(21)19-13-5-3-4-12(6-13)8-20-10-17-9-18-20/h3-6,9-11,14H,7-8,16H2,1-2H3,(H,19,21). The van der Waals surface area contributed by atoms with Gasteiger partial charge < -0.3 is 11.1 Å².